The summed E-state index contributed by atoms with van der Waals surface area (Å²) in [4.78, 5) is 12.5. The maximum absolute atomic E-state index is 12.5. The van der Waals surface area contributed by atoms with Crippen LogP contribution in [0.1, 0.15) is 60.9 Å². The van der Waals surface area contributed by atoms with Crippen molar-refractivity contribution in [2.45, 2.75) is 57.4 Å². The molecule has 2 aliphatic rings. The van der Waals surface area contributed by atoms with E-state index in [2.05, 4.69) is 10.0 Å². The molecule has 1 aromatic rings. The van der Waals surface area contributed by atoms with Crippen LogP contribution in [0, 0.1) is 11.8 Å². The first-order chi connectivity index (χ1) is 12.4. The van der Waals surface area contributed by atoms with Crippen LogP contribution in [0.4, 0.5) is 0 Å². The van der Waals surface area contributed by atoms with E-state index in [9.17, 15) is 13.2 Å². The molecule has 26 heavy (non-hydrogen) atoms. The molecule has 2 saturated carbocycles. The van der Waals surface area contributed by atoms with Gasteiger partial charge in [0.1, 0.15) is 0 Å². The maximum atomic E-state index is 12.5. The monoisotopic (exact) mass is 378 g/mol. The molecule has 144 valence electrons. The van der Waals surface area contributed by atoms with Gasteiger partial charge in [-0.25, -0.2) is 13.1 Å². The van der Waals surface area contributed by atoms with Crippen LogP contribution in [0.15, 0.2) is 24.3 Å². The van der Waals surface area contributed by atoms with Gasteiger partial charge in [0.25, 0.3) is 5.91 Å². The Labute approximate surface area is 157 Å². The predicted octanol–water partition coefficient (Wildman–Crippen LogP) is 2.87. The summed E-state index contributed by atoms with van der Waals surface area (Å²) >= 11 is 0. The summed E-state index contributed by atoms with van der Waals surface area (Å²) in [6.07, 6.45) is 10.7. The Morgan fingerprint density at radius 2 is 1.73 bits per heavy atom. The van der Waals surface area contributed by atoms with Crippen LogP contribution < -0.4 is 10.0 Å². The van der Waals surface area contributed by atoms with Gasteiger partial charge < -0.3 is 5.32 Å². The molecule has 6 heteroatoms. The lowest BCUT2D eigenvalue weighted by atomic mass is 9.69. The van der Waals surface area contributed by atoms with E-state index in [1.165, 1.54) is 32.1 Å². The molecular weight excluding hydrogens is 348 g/mol. The minimum Gasteiger partial charge on any atom is -0.349 e. The van der Waals surface area contributed by atoms with Crippen LogP contribution in [-0.4, -0.2) is 33.2 Å². The van der Waals surface area contributed by atoms with Crippen LogP contribution >= 0.6 is 0 Å². The smallest absolute Gasteiger partial charge is 0.251 e. The Morgan fingerprint density at radius 3 is 2.42 bits per heavy atom. The van der Waals surface area contributed by atoms with Gasteiger partial charge in [-0.05, 0) is 55.2 Å². The number of sulfonamides is 1. The molecule has 0 bridgehead atoms. The summed E-state index contributed by atoms with van der Waals surface area (Å²) in [5, 5.41) is 3.22. The van der Waals surface area contributed by atoms with Gasteiger partial charge in [0, 0.05) is 18.2 Å². The zero-order valence-corrected chi connectivity index (χ0v) is 16.4. The van der Waals surface area contributed by atoms with Gasteiger partial charge in [0.05, 0.1) is 6.26 Å². The fourth-order valence-electron chi connectivity index (χ4n) is 4.48. The van der Waals surface area contributed by atoms with E-state index in [0.29, 0.717) is 24.6 Å². The predicted molar refractivity (Wildman–Crippen MR) is 104 cm³/mol. The minimum absolute atomic E-state index is 0.00469. The summed E-state index contributed by atoms with van der Waals surface area (Å²) in [7, 11) is -3.16. The SMILES string of the molecule is CS(=O)(=O)NCCc1ccc(C(=O)N[C@@H]2CC[C@H]3CCCC[C@H]3C2)cc1. The normalized spacial score (nSPS) is 26.1. The van der Waals surface area contributed by atoms with Crippen molar-refractivity contribution in [2.24, 2.45) is 11.8 Å². The number of fused-ring (bicyclic) bond motifs is 1. The minimum atomic E-state index is -3.16. The molecule has 2 N–H and O–H groups in total. The summed E-state index contributed by atoms with van der Waals surface area (Å²) in [6, 6.07) is 7.77. The average molecular weight is 379 g/mol. The molecule has 1 aromatic carbocycles. The van der Waals surface area contributed by atoms with Crippen LogP contribution in [0.3, 0.4) is 0 Å². The Bertz CT molecular complexity index is 715. The molecule has 0 aromatic heterocycles. The van der Waals surface area contributed by atoms with Crippen molar-refractivity contribution in [3.05, 3.63) is 35.4 Å². The summed E-state index contributed by atoms with van der Waals surface area (Å²) in [5.74, 6) is 1.69. The van der Waals surface area contributed by atoms with E-state index >= 15 is 0 Å². The molecule has 0 saturated heterocycles. The number of nitrogens with one attached hydrogen (secondary N) is 2. The number of carbonyl (C=O) groups excluding carboxylic acids is 1. The molecule has 0 radical (unpaired) electrons. The van der Waals surface area contributed by atoms with E-state index in [1.807, 2.05) is 24.3 Å². The lowest BCUT2D eigenvalue weighted by Crippen LogP contribution is -2.41. The van der Waals surface area contributed by atoms with E-state index in [1.54, 1.807) is 0 Å². The number of hydrogen-bond acceptors (Lipinski definition) is 3. The van der Waals surface area contributed by atoms with E-state index in [0.717, 1.165) is 36.5 Å². The van der Waals surface area contributed by atoms with Crippen molar-refractivity contribution in [3.8, 4) is 0 Å². The molecule has 0 aliphatic heterocycles. The Balaban J connectivity index is 1.48. The molecule has 5 nitrogen and oxygen atoms in total. The highest BCUT2D eigenvalue weighted by atomic mass is 32.2. The Kier molecular flexibility index (Phi) is 6.35. The molecule has 3 atom stereocenters. The second-order valence-corrected chi connectivity index (χ2v) is 9.73. The molecule has 3 rings (SSSR count). The van der Waals surface area contributed by atoms with Gasteiger partial charge in [-0.2, -0.15) is 0 Å². The molecular formula is C20H30N2O3S. The third-order valence-corrected chi connectivity index (χ3v) is 6.60. The van der Waals surface area contributed by atoms with Gasteiger partial charge in [0.15, 0.2) is 0 Å². The Morgan fingerprint density at radius 1 is 1.04 bits per heavy atom. The summed E-state index contributed by atoms with van der Waals surface area (Å²) in [5.41, 5.74) is 1.69. The number of rotatable bonds is 6. The van der Waals surface area contributed by atoms with Crippen molar-refractivity contribution in [1.29, 1.82) is 0 Å². The van der Waals surface area contributed by atoms with Crippen molar-refractivity contribution in [2.75, 3.05) is 12.8 Å². The number of carbonyl (C=O) groups is 1. The van der Waals surface area contributed by atoms with Crippen molar-refractivity contribution in [3.63, 3.8) is 0 Å². The number of amides is 1. The first kappa shape index (κ1) is 19.4. The van der Waals surface area contributed by atoms with Crippen LogP contribution in [0.5, 0.6) is 0 Å². The van der Waals surface area contributed by atoms with E-state index in [4.69, 9.17) is 0 Å². The largest absolute Gasteiger partial charge is 0.349 e. The van der Waals surface area contributed by atoms with Crippen LogP contribution in [-0.2, 0) is 16.4 Å². The molecule has 2 fully saturated rings. The summed E-state index contributed by atoms with van der Waals surface area (Å²) < 4.78 is 24.6. The highest BCUT2D eigenvalue weighted by molar-refractivity contribution is 7.88. The fraction of sp³-hybridized carbons (Fsp3) is 0.650. The summed E-state index contributed by atoms with van der Waals surface area (Å²) in [6.45, 7) is 0.370. The first-order valence-corrected chi connectivity index (χ1v) is 11.6. The molecule has 0 heterocycles. The van der Waals surface area contributed by atoms with Crippen molar-refractivity contribution < 1.29 is 13.2 Å². The van der Waals surface area contributed by atoms with E-state index < -0.39 is 10.0 Å². The second kappa shape index (κ2) is 8.53. The molecule has 0 unspecified atom stereocenters. The first-order valence-electron chi connectivity index (χ1n) is 9.75. The highest BCUT2D eigenvalue weighted by Crippen LogP contribution is 2.40. The molecule has 2 aliphatic carbocycles. The quantitative estimate of drug-likeness (QED) is 0.799. The van der Waals surface area contributed by atoms with Gasteiger partial charge in [-0.1, -0.05) is 37.8 Å². The third kappa shape index (κ3) is 5.55. The topological polar surface area (TPSA) is 75.3 Å². The standard InChI is InChI=1S/C20H30N2O3S/c1-26(24,25)21-13-12-15-6-8-17(9-7-15)20(23)22-19-11-10-16-4-2-3-5-18(16)14-19/h6-9,16,18-19,21H,2-5,10-14H2,1H3,(H,22,23)/t16-,18+,19-/m1/s1. The van der Waals surface area contributed by atoms with Crippen LogP contribution in [0.25, 0.3) is 0 Å². The zero-order chi connectivity index (χ0) is 18.6. The van der Waals surface area contributed by atoms with Gasteiger partial charge in [0.2, 0.25) is 10.0 Å². The van der Waals surface area contributed by atoms with Gasteiger partial charge in [-0.3, -0.25) is 4.79 Å². The van der Waals surface area contributed by atoms with E-state index in [-0.39, 0.29) is 5.91 Å². The van der Waals surface area contributed by atoms with Crippen molar-refractivity contribution in [1.82, 2.24) is 10.0 Å². The number of benzene rings is 1. The average Bonchev–Trinajstić information content (AvgIpc) is 2.61. The lowest BCUT2D eigenvalue weighted by Gasteiger charge is -2.39. The Hall–Kier alpha value is -1.40. The van der Waals surface area contributed by atoms with Crippen LogP contribution in [0.2, 0.25) is 0 Å². The molecule has 1 amide bonds. The third-order valence-electron chi connectivity index (χ3n) is 5.87. The number of hydrogen-bond donors (Lipinski definition) is 2. The zero-order valence-electron chi connectivity index (χ0n) is 15.5. The van der Waals surface area contributed by atoms with Crippen molar-refractivity contribution >= 4 is 15.9 Å². The second-order valence-electron chi connectivity index (χ2n) is 7.90. The van der Waals surface area contributed by atoms with Gasteiger partial charge >= 0.3 is 0 Å². The maximum Gasteiger partial charge on any atom is 0.251 e. The molecule has 0 spiro atoms. The lowest BCUT2D eigenvalue weighted by molar-refractivity contribution is 0.0879. The fourth-order valence-corrected chi connectivity index (χ4v) is 4.95. The highest BCUT2D eigenvalue weighted by Gasteiger charge is 2.32. The van der Waals surface area contributed by atoms with Gasteiger partial charge in [-0.15, -0.1) is 0 Å².